The summed E-state index contributed by atoms with van der Waals surface area (Å²) in [6.45, 7) is 7.27. The molecule has 1 saturated carbocycles. The molecule has 1 aromatic heterocycles. The molecule has 0 saturated heterocycles. The van der Waals surface area contributed by atoms with Crippen molar-refractivity contribution in [3.63, 3.8) is 0 Å². The first kappa shape index (κ1) is 16.0. The molecule has 1 aromatic rings. The van der Waals surface area contributed by atoms with E-state index in [1.165, 1.54) is 48.7 Å². The van der Waals surface area contributed by atoms with Crippen molar-refractivity contribution < 1.29 is 0 Å². The molecule has 0 aliphatic heterocycles. The second-order valence-corrected chi connectivity index (χ2v) is 10.4. The number of fused-ring (bicyclic) bond motifs is 1. The highest BCUT2D eigenvalue weighted by atomic mass is 79.9. The summed E-state index contributed by atoms with van der Waals surface area (Å²) in [5.74, 6) is 0.818. The van der Waals surface area contributed by atoms with Gasteiger partial charge in [-0.15, -0.1) is 11.3 Å². The third kappa shape index (κ3) is 3.56. The zero-order valence-electron chi connectivity index (χ0n) is 13.5. The van der Waals surface area contributed by atoms with E-state index in [-0.39, 0.29) is 0 Å². The molecular weight excluding hydrogens is 342 g/mol. The second kappa shape index (κ2) is 6.33. The standard InChI is InChI=1S/C18H28BrNS/c1-18(2,3)13-7-4-5-8-15(13)20-14-9-6-10-16-12(14)11-17(19)21-16/h11,13-15,20H,4-10H2,1-3H3. The summed E-state index contributed by atoms with van der Waals surface area (Å²) < 4.78 is 1.30. The normalized spacial score (nSPS) is 30.2. The summed E-state index contributed by atoms with van der Waals surface area (Å²) in [5, 5.41) is 4.07. The Kier molecular flexibility index (Phi) is 4.83. The number of hydrogen-bond acceptors (Lipinski definition) is 2. The van der Waals surface area contributed by atoms with Crippen molar-refractivity contribution in [1.29, 1.82) is 0 Å². The van der Waals surface area contributed by atoms with Crippen LogP contribution in [0.5, 0.6) is 0 Å². The van der Waals surface area contributed by atoms with E-state index in [1.54, 1.807) is 10.4 Å². The SMILES string of the molecule is CC(C)(C)C1CCCCC1NC1CCCc2sc(Br)cc21. The van der Waals surface area contributed by atoms with E-state index in [2.05, 4.69) is 48.1 Å². The Balaban J connectivity index is 1.76. The average Bonchev–Trinajstić information content (AvgIpc) is 2.79. The maximum Gasteiger partial charge on any atom is 0.0704 e. The summed E-state index contributed by atoms with van der Waals surface area (Å²) in [6.07, 6.45) is 9.50. The van der Waals surface area contributed by atoms with Gasteiger partial charge >= 0.3 is 0 Å². The van der Waals surface area contributed by atoms with Crippen LogP contribution in [0.2, 0.25) is 0 Å². The minimum Gasteiger partial charge on any atom is -0.307 e. The van der Waals surface area contributed by atoms with Gasteiger partial charge in [0.15, 0.2) is 0 Å². The second-order valence-electron chi connectivity index (χ2n) is 7.90. The smallest absolute Gasteiger partial charge is 0.0704 e. The van der Waals surface area contributed by atoms with Gasteiger partial charge in [0.2, 0.25) is 0 Å². The molecule has 3 heteroatoms. The van der Waals surface area contributed by atoms with Crippen molar-refractivity contribution >= 4 is 27.3 Å². The Bertz CT molecular complexity index is 488. The maximum atomic E-state index is 4.07. The quantitative estimate of drug-likeness (QED) is 0.665. The van der Waals surface area contributed by atoms with Gasteiger partial charge in [-0.05, 0) is 71.0 Å². The van der Waals surface area contributed by atoms with Crippen LogP contribution < -0.4 is 5.32 Å². The Morgan fingerprint density at radius 1 is 1.14 bits per heavy atom. The molecule has 3 atom stereocenters. The number of hydrogen-bond donors (Lipinski definition) is 1. The molecule has 3 rings (SSSR count). The summed E-state index contributed by atoms with van der Waals surface area (Å²) in [7, 11) is 0. The van der Waals surface area contributed by atoms with Gasteiger partial charge in [0.05, 0.1) is 3.79 Å². The molecule has 1 heterocycles. The van der Waals surface area contributed by atoms with E-state index < -0.39 is 0 Å². The Labute approximate surface area is 142 Å². The third-order valence-electron chi connectivity index (χ3n) is 5.38. The number of thiophene rings is 1. The van der Waals surface area contributed by atoms with Crippen LogP contribution in [0.15, 0.2) is 9.85 Å². The minimum atomic E-state index is 0.421. The molecule has 0 amide bonds. The Morgan fingerprint density at radius 2 is 1.90 bits per heavy atom. The van der Waals surface area contributed by atoms with Crippen LogP contribution >= 0.6 is 27.3 Å². The Hall–Kier alpha value is 0.140. The largest absolute Gasteiger partial charge is 0.307 e. The number of nitrogens with one attached hydrogen (secondary N) is 1. The zero-order valence-corrected chi connectivity index (χ0v) is 15.9. The average molecular weight is 370 g/mol. The van der Waals surface area contributed by atoms with Crippen LogP contribution in [0.1, 0.15) is 75.8 Å². The molecule has 1 nitrogen and oxygen atoms in total. The van der Waals surface area contributed by atoms with Crippen LogP contribution in [0, 0.1) is 11.3 Å². The van der Waals surface area contributed by atoms with Crippen molar-refractivity contribution in [1.82, 2.24) is 5.32 Å². The zero-order chi connectivity index (χ0) is 15.0. The lowest BCUT2D eigenvalue weighted by Gasteiger charge is -2.43. The van der Waals surface area contributed by atoms with Gasteiger partial charge in [0, 0.05) is 17.0 Å². The van der Waals surface area contributed by atoms with Gasteiger partial charge in [0.25, 0.3) is 0 Å². The van der Waals surface area contributed by atoms with Crippen LogP contribution in [0.4, 0.5) is 0 Å². The minimum absolute atomic E-state index is 0.421. The molecule has 0 bridgehead atoms. The fraction of sp³-hybridized carbons (Fsp3) is 0.778. The lowest BCUT2D eigenvalue weighted by molar-refractivity contribution is 0.121. The third-order valence-corrected chi connectivity index (χ3v) is 7.09. The van der Waals surface area contributed by atoms with Gasteiger partial charge in [-0.25, -0.2) is 0 Å². The molecule has 2 aliphatic carbocycles. The van der Waals surface area contributed by atoms with Crippen LogP contribution in [0.3, 0.4) is 0 Å². The van der Waals surface area contributed by atoms with E-state index in [0.29, 0.717) is 17.5 Å². The molecule has 1 N–H and O–H groups in total. The first-order valence-electron chi connectivity index (χ1n) is 8.49. The van der Waals surface area contributed by atoms with Crippen molar-refractivity contribution in [2.24, 2.45) is 11.3 Å². The molecule has 1 fully saturated rings. The topological polar surface area (TPSA) is 12.0 Å². The van der Waals surface area contributed by atoms with Gasteiger partial charge < -0.3 is 5.32 Å². The molecule has 0 spiro atoms. The maximum absolute atomic E-state index is 4.07. The molecule has 0 aromatic carbocycles. The monoisotopic (exact) mass is 369 g/mol. The van der Waals surface area contributed by atoms with Crippen molar-refractivity contribution in [2.45, 2.75) is 77.8 Å². The van der Waals surface area contributed by atoms with Crippen molar-refractivity contribution in [2.75, 3.05) is 0 Å². The highest BCUT2D eigenvalue weighted by Gasteiger charge is 2.36. The highest BCUT2D eigenvalue weighted by Crippen LogP contribution is 2.42. The summed E-state index contributed by atoms with van der Waals surface area (Å²) in [6, 6.07) is 3.66. The molecule has 21 heavy (non-hydrogen) atoms. The van der Waals surface area contributed by atoms with Gasteiger partial charge in [-0.2, -0.15) is 0 Å². The number of rotatable bonds is 2. The molecule has 3 unspecified atom stereocenters. The molecular formula is C18H28BrNS. The van der Waals surface area contributed by atoms with Crippen LogP contribution in [0.25, 0.3) is 0 Å². The number of aryl methyl sites for hydroxylation is 1. The fourth-order valence-electron chi connectivity index (χ4n) is 4.32. The van der Waals surface area contributed by atoms with E-state index in [1.807, 2.05) is 11.3 Å². The van der Waals surface area contributed by atoms with Crippen molar-refractivity contribution in [3.8, 4) is 0 Å². The van der Waals surface area contributed by atoms with Gasteiger partial charge in [0.1, 0.15) is 0 Å². The van der Waals surface area contributed by atoms with Crippen LogP contribution in [-0.2, 0) is 6.42 Å². The molecule has 118 valence electrons. The predicted octanol–water partition coefficient (Wildman–Crippen LogP) is 6.08. The first-order valence-corrected chi connectivity index (χ1v) is 10.1. The van der Waals surface area contributed by atoms with Gasteiger partial charge in [-0.3, -0.25) is 0 Å². The number of halogens is 1. The van der Waals surface area contributed by atoms with E-state index in [9.17, 15) is 0 Å². The molecule has 0 radical (unpaired) electrons. The highest BCUT2D eigenvalue weighted by molar-refractivity contribution is 9.11. The summed E-state index contributed by atoms with van der Waals surface area (Å²) in [4.78, 5) is 1.61. The molecule has 2 aliphatic rings. The van der Waals surface area contributed by atoms with Crippen molar-refractivity contribution in [3.05, 3.63) is 20.3 Å². The lowest BCUT2D eigenvalue weighted by atomic mass is 9.69. The van der Waals surface area contributed by atoms with E-state index in [4.69, 9.17) is 0 Å². The lowest BCUT2D eigenvalue weighted by Crippen LogP contribution is -2.46. The fourth-order valence-corrected chi connectivity index (χ4v) is 6.14. The summed E-state index contributed by atoms with van der Waals surface area (Å²) >= 11 is 5.62. The van der Waals surface area contributed by atoms with E-state index >= 15 is 0 Å². The van der Waals surface area contributed by atoms with Gasteiger partial charge in [-0.1, -0.05) is 33.6 Å². The Morgan fingerprint density at radius 3 is 2.67 bits per heavy atom. The first-order chi connectivity index (χ1) is 9.95. The predicted molar refractivity (Wildman–Crippen MR) is 96.0 cm³/mol. The summed E-state index contributed by atoms with van der Waals surface area (Å²) in [5.41, 5.74) is 2.00. The van der Waals surface area contributed by atoms with E-state index in [0.717, 1.165) is 5.92 Å². The van der Waals surface area contributed by atoms with Crippen LogP contribution in [-0.4, -0.2) is 6.04 Å².